The number of hydrogen-bond acceptors (Lipinski definition) is 2. The van der Waals surface area contributed by atoms with Crippen LogP contribution in [0, 0.1) is 11.3 Å². The van der Waals surface area contributed by atoms with Crippen LogP contribution in [0.1, 0.15) is 48.0 Å². The molecular formula is C14H32N2. The Hall–Kier alpha value is -0.0800. The molecule has 16 heavy (non-hydrogen) atoms. The molecule has 0 fully saturated rings. The molecule has 0 radical (unpaired) electrons. The SMILES string of the molecule is CCCN(CCNCC(C)C)CC(C)(C)C. The van der Waals surface area contributed by atoms with Gasteiger partial charge in [0.2, 0.25) is 0 Å². The fourth-order valence-corrected chi connectivity index (χ4v) is 1.88. The molecule has 1 N–H and O–H groups in total. The summed E-state index contributed by atoms with van der Waals surface area (Å²) in [6, 6.07) is 0. The van der Waals surface area contributed by atoms with Gasteiger partial charge in [-0.1, -0.05) is 41.5 Å². The van der Waals surface area contributed by atoms with Crippen LogP contribution >= 0.6 is 0 Å². The monoisotopic (exact) mass is 228 g/mol. The maximum Gasteiger partial charge on any atom is 0.0107 e. The molecule has 0 spiro atoms. The van der Waals surface area contributed by atoms with E-state index >= 15 is 0 Å². The largest absolute Gasteiger partial charge is 0.315 e. The Balaban J connectivity index is 3.76. The molecule has 0 aliphatic rings. The first-order chi connectivity index (χ1) is 7.35. The highest BCUT2D eigenvalue weighted by Gasteiger charge is 2.15. The van der Waals surface area contributed by atoms with E-state index in [1.165, 1.54) is 26.1 Å². The summed E-state index contributed by atoms with van der Waals surface area (Å²) >= 11 is 0. The van der Waals surface area contributed by atoms with Crippen molar-refractivity contribution in [1.29, 1.82) is 0 Å². The first kappa shape index (κ1) is 15.9. The van der Waals surface area contributed by atoms with Crippen LogP contribution in [-0.2, 0) is 0 Å². The maximum absolute atomic E-state index is 3.52. The summed E-state index contributed by atoms with van der Waals surface area (Å²) in [4.78, 5) is 2.58. The third kappa shape index (κ3) is 10.4. The average molecular weight is 228 g/mol. The van der Waals surface area contributed by atoms with E-state index in [4.69, 9.17) is 0 Å². The van der Waals surface area contributed by atoms with E-state index in [0.29, 0.717) is 5.41 Å². The second kappa shape index (κ2) is 8.08. The molecule has 0 bridgehead atoms. The number of nitrogens with one attached hydrogen (secondary N) is 1. The van der Waals surface area contributed by atoms with Gasteiger partial charge < -0.3 is 10.2 Å². The summed E-state index contributed by atoms with van der Waals surface area (Å²) < 4.78 is 0. The Morgan fingerprint density at radius 3 is 2.19 bits per heavy atom. The van der Waals surface area contributed by atoms with E-state index < -0.39 is 0 Å². The Morgan fingerprint density at radius 2 is 1.75 bits per heavy atom. The van der Waals surface area contributed by atoms with E-state index in [2.05, 4.69) is 51.8 Å². The molecule has 0 saturated heterocycles. The Morgan fingerprint density at radius 1 is 1.12 bits per heavy atom. The first-order valence-corrected chi connectivity index (χ1v) is 6.78. The van der Waals surface area contributed by atoms with Gasteiger partial charge in [-0.05, 0) is 30.8 Å². The molecule has 98 valence electrons. The van der Waals surface area contributed by atoms with Gasteiger partial charge in [0.05, 0.1) is 0 Å². The van der Waals surface area contributed by atoms with Crippen LogP contribution in [0.4, 0.5) is 0 Å². The summed E-state index contributed by atoms with van der Waals surface area (Å²) in [7, 11) is 0. The van der Waals surface area contributed by atoms with Crippen molar-refractivity contribution in [3.05, 3.63) is 0 Å². The Labute approximate surface area is 103 Å². The highest BCUT2D eigenvalue weighted by atomic mass is 15.1. The van der Waals surface area contributed by atoms with E-state index in [9.17, 15) is 0 Å². The van der Waals surface area contributed by atoms with Gasteiger partial charge >= 0.3 is 0 Å². The molecule has 0 amide bonds. The zero-order chi connectivity index (χ0) is 12.6. The van der Waals surface area contributed by atoms with Gasteiger partial charge in [-0.3, -0.25) is 0 Å². The highest BCUT2D eigenvalue weighted by molar-refractivity contribution is 4.69. The Bertz CT molecular complexity index is 159. The first-order valence-electron chi connectivity index (χ1n) is 6.78. The standard InChI is InChI=1S/C14H32N2/c1-7-9-16(12-14(4,5)6)10-8-15-11-13(2)3/h13,15H,7-12H2,1-6H3. The molecule has 0 heterocycles. The topological polar surface area (TPSA) is 15.3 Å². The van der Waals surface area contributed by atoms with Crippen molar-refractivity contribution < 1.29 is 0 Å². The molecule has 0 unspecified atom stereocenters. The zero-order valence-electron chi connectivity index (χ0n) is 12.3. The van der Waals surface area contributed by atoms with Crippen LogP contribution in [0.15, 0.2) is 0 Å². The van der Waals surface area contributed by atoms with Gasteiger partial charge in [-0.2, -0.15) is 0 Å². The molecule has 2 nitrogen and oxygen atoms in total. The number of rotatable bonds is 8. The fourth-order valence-electron chi connectivity index (χ4n) is 1.88. The lowest BCUT2D eigenvalue weighted by Gasteiger charge is -2.29. The van der Waals surface area contributed by atoms with Crippen molar-refractivity contribution in [2.45, 2.75) is 48.0 Å². The third-order valence-corrected chi connectivity index (χ3v) is 2.40. The number of nitrogens with zero attached hydrogens (tertiary/aromatic N) is 1. The highest BCUT2D eigenvalue weighted by Crippen LogP contribution is 2.14. The second-order valence-electron chi connectivity index (χ2n) is 6.43. The molecule has 0 saturated carbocycles. The predicted octanol–water partition coefficient (Wildman–Crippen LogP) is 2.99. The average Bonchev–Trinajstić information content (AvgIpc) is 2.09. The summed E-state index contributed by atoms with van der Waals surface area (Å²) in [5, 5.41) is 3.52. The van der Waals surface area contributed by atoms with Crippen molar-refractivity contribution in [2.75, 3.05) is 32.7 Å². The van der Waals surface area contributed by atoms with Crippen LogP contribution in [0.5, 0.6) is 0 Å². The van der Waals surface area contributed by atoms with E-state index in [0.717, 1.165) is 19.0 Å². The van der Waals surface area contributed by atoms with Gasteiger partial charge in [-0.25, -0.2) is 0 Å². The van der Waals surface area contributed by atoms with Crippen molar-refractivity contribution in [3.8, 4) is 0 Å². The minimum absolute atomic E-state index is 0.410. The van der Waals surface area contributed by atoms with Gasteiger partial charge in [0.15, 0.2) is 0 Å². The summed E-state index contributed by atoms with van der Waals surface area (Å²) in [6.07, 6.45) is 1.25. The summed E-state index contributed by atoms with van der Waals surface area (Å²) in [6.45, 7) is 19.6. The summed E-state index contributed by atoms with van der Waals surface area (Å²) in [5.41, 5.74) is 0.410. The molecular weight excluding hydrogens is 196 g/mol. The van der Waals surface area contributed by atoms with Crippen LogP contribution in [0.2, 0.25) is 0 Å². The molecule has 0 atom stereocenters. The van der Waals surface area contributed by atoms with Crippen molar-refractivity contribution in [1.82, 2.24) is 10.2 Å². The maximum atomic E-state index is 3.52. The van der Waals surface area contributed by atoms with Gasteiger partial charge in [0.1, 0.15) is 0 Å². The summed E-state index contributed by atoms with van der Waals surface area (Å²) in [5.74, 6) is 0.752. The quantitative estimate of drug-likeness (QED) is 0.643. The molecule has 0 aliphatic heterocycles. The minimum Gasteiger partial charge on any atom is -0.315 e. The smallest absolute Gasteiger partial charge is 0.0107 e. The normalized spacial score (nSPS) is 12.8. The van der Waals surface area contributed by atoms with Gasteiger partial charge in [0.25, 0.3) is 0 Å². The zero-order valence-corrected chi connectivity index (χ0v) is 12.3. The van der Waals surface area contributed by atoms with Crippen LogP contribution < -0.4 is 5.32 Å². The molecule has 0 rings (SSSR count). The van der Waals surface area contributed by atoms with Crippen LogP contribution in [-0.4, -0.2) is 37.6 Å². The lowest BCUT2D eigenvalue weighted by atomic mass is 9.96. The minimum atomic E-state index is 0.410. The van der Waals surface area contributed by atoms with Gasteiger partial charge in [-0.15, -0.1) is 0 Å². The molecule has 0 aromatic heterocycles. The van der Waals surface area contributed by atoms with Crippen LogP contribution in [0.3, 0.4) is 0 Å². The van der Waals surface area contributed by atoms with E-state index in [-0.39, 0.29) is 0 Å². The van der Waals surface area contributed by atoms with E-state index in [1.807, 2.05) is 0 Å². The third-order valence-electron chi connectivity index (χ3n) is 2.40. The van der Waals surface area contributed by atoms with E-state index in [1.54, 1.807) is 0 Å². The predicted molar refractivity (Wildman–Crippen MR) is 73.9 cm³/mol. The molecule has 2 heteroatoms. The number of hydrogen-bond donors (Lipinski definition) is 1. The van der Waals surface area contributed by atoms with Crippen molar-refractivity contribution >= 4 is 0 Å². The fraction of sp³-hybridized carbons (Fsp3) is 1.00. The Kier molecular flexibility index (Phi) is 8.04. The molecule has 0 aliphatic carbocycles. The van der Waals surface area contributed by atoms with Crippen LogP contribution in [0.25, 0.3) is 0 Å². The molecule has 0 aromatic carbocycles. The van der Waals surface area contributed by atoms with Gasteiger partial charge in [0, 0.05) is 19.6 Å². The van der Waals surface area contributed by atoms with Crippen molar-refractivity contribution in [3.63, 3.8) is 0 Å². The van der Waals surface area contributed by atoms with Crippen molar-refractivity contribution in [2.24, 2.45) is 11.3 Å². The second-order valence-corrected chi connectivity index (χ2v) is 6.43. The lowest BCUT2D eigenvalue weighted by molar-refractivity contribution is 0.191. The lowest BCUT2D eigenvalue weighted by Crippen LogP contribution is -2.38. The molecule has 0 aromatic rings.